The average molecular weight is 883 g/mol. The average Bonchev–Trinajstić information content (AvgIpc) is 3.92. The Bertz CT molecular complexity index is 3700. The van der Waals surface area contributed by atoms with Crippen molar-refractivity contribution in [3.63, 3.8) is 0 Å². The largest absolute Gasteiger partial charge is 0.310 e. The molecule has 0 saturated heterocycles. The summed E-state index contributed by atoms with van der Waals surface area (Å²) < 4.78 is 0. The van der Waals surface area contributed by atoms with Crippen LogP contribution in [0.25, 0.3) is 44.5 Å². The van der Waals surface area contributed by atoms with E-state index in [-0.39, 0.29) is 10.8 Å². The molecule has 0 radical (unpaired) electrons. The molecule has 0 fully saturated rings. The van der Waals surface area contributed by atoms with Gasteiger partial charge in [0, 0.05) is 33.5 Å². The lowest BCUT2D eigenvalue weighted by atomic mass is 9.64. The zero-order chi connectivity index (χ0) is 46.2. The molecule has 328 valence electrons. The third-order valence-electron chi connectivity index (χ3n) is 16.3. The zero-order valence-corrected chi connectivity index (χ0v) is 39.3. The van der Waals surface area contributed by atoms with Gasteiger partial charge in [-0.2, -0.15) is 0 Å². The van der Waals surface area contributed by atoms with Crippen molar-refractivity contribution < 1.29 is 0 Å². The van der Waals surface area contributed by atoms with Crippen molar-refractivity contribution in [2.75, 3.05) is 9.80 Å². The Balaban J connectivity index is 0.988. The highest BCUT2D eigenvalue weighted by Gasteiger charge is 2.52. The minimum absolute atomic E-state index is 0.0692. The summed E-state index contributed by atoms with van der Waals surface area (Å²) in [6, 6.07) is 86.8. The monoisotopic (exact) mass is 882 g/mol. The molecule has 1 heterocycles. The van der Waals surface area contributed by atoms with Gasteiger partial charge in [0.1, 0.15) is 0 Å². The normalized spacial score (nSPS) is 15.3. The van der Waals surface area contributed by atoms with E-state index in [0.717, 1.165) is 22.7 Å². The Kier molecular flexibility index (Phi) is 8.33. The molecule has 69 heavy (non-hydrogen) atoms. The molecule has 1 aliphatic heterocycles. The van der Waals surface area contributed by atoms with Crippen LogP contribution >= 0.6 is 0 Å². The van der Waals surface area contributed by atoms with Crippen LogP contribution < -0.4 is 9.80 Å². The van der Waals surface area contributed by atoms with Gasteiger partial charge in [-0.25, -0.2) is 0 Å². The fourth-order valence-corrected chi connectivity index (χ4v) is 13.1. The predicted molar refractivity (Wildman–Crippen MR) is 287 cm³/mol. The molecule has 0 saturated carbocycles. The SMILES string of the molecule is CC1(C)c2ccccc2-c2ccc(-c3ccc(N(c4ccc5c(c4)C(C)(C)c4ccccc4-5)c4cccc5c4-c4ccccc4C54c5ccccc5N(c5ccccc5)c5ccccc54)cc3)cc21. The van der Waals surface area contributed by atoms with Gasteiger partial charge in [-0.3, -0.25) is 0 Å². The molecule has 0 unspecified atom stereocenters. The fraction of sp³-hybridized carbons (Fsp3) is 0.104. The summed E-state index contributed by atoms with van der Waals surface area (Å²) in [7, 11) is 0. The highest BCUT2D eigenvalue weighted by atomic mass is 15.2. The predicted octanol–water partition coefficient (Wildman–Crippen LogP) is 17.6. The molecule has 2 nitrogen and oxygen atoms in total. The van der Waals surface area contributed by atoms with Crippen molar-refractivity contribution >= 4 is 34.1 Å². The molecule has 0 amide bonds. The summed E-state index contributed by atoms with van der Waals surface area (Å²) in [6.45, 7) is 9.49. The molecule has 10 aromatic carbocycles. The van der Waals surface area contributed by atoms with Crippen LogP contribution in [0.2, 0.25) is 0 Å². The van der Waals surface area contributed by atoms with Crippen LogP contribution in [0.15, 0.2) is 231 Å². The van der Waals surface area contributed by atoms with Crippen molar-refractivity contribution in [1.29, 1.82) is 0 Å². The maximum Gasteiger partial charge on any atom is 0.0755 e. The number of nitrogens with zero attached hydrogens (tertiary/aromatic N) is 2. The van der Waals surface area contributed by atoms with Gasteiger partial charge in [-0.1, -0.05) is 198 Å². The van der Waals surface area contributed by atoms with Crippen LogP contribution in [0.3, 0.4) is 0 Å². The van der Waals surface area contributed by atoms with Crippen molar-refractivity contribution in [3.8, 4) is 44.5 Å². The second kappa shape index (κ2) is 14.4. The van der Waals surface area contributed by atoms with Crippen LogP contribution in [-0.2, 0) is 16.2 Å². The van der Waals surface area contributed by atoms with Crippen molar-refractivity contribution in [2.45, 2.75) is 43.9 Å². The fourth-order valence-electron chi connectivity index (χ4n) is 13.1. The number of hydrogen-bond donors (Lipinski definition) is 0. The molecule has 4 aliphatic rings. The van der Waals surface area contributed by atoms with E-state index in [4.69, 9.17) is 0 Å². The van der Waals surface area contributed by atoms with Gasteiger partial charge in [0.2, 0.25) is 0 Å². The van der Waals surface area contributed by atoms with Crippen LogP contribution in [-0.4, -0.2) is 0 Å². The molecule has 2 heteroatoms. The molecular weight excluding hydrogens is 833 g/mol. The molecular formula is C67H50N2. The molecule has 10 aromatic rings. The van der Waals surface area contributed by atoms with Gasteiger partial charge in [0.15, 0.2) is 0 Å². The number of benzene rings is 10. The third kappa shape index (κ3) is 5.37. The highest BCUT2D eigenvalue weighted by Crippen LogP contribution is 2.65. The zero-order valence-electron chi connectivity index (χ0n) is 39.3. The Morgan fingerprint density at radius 2 is 0.783 bits per heavy atom. The minimum atomic E-state index is -0.571. The van der Waals surface area contributed by atoms with Crippen LogP contribution in [0.1, 0.15) is 72.2 Å². The Hall–Kier alpha value is -8.20. The number of fused-ring (bicyclic) bond motifs is 15. The highest BCUT2D eigenvalue weighted by molar-refractivity contribution is 6.02. The van der Waals surface area contributed by atoms with Gasteiger partial charge in [-0.05, 0) is 144 Å². The van der Waals surface area contributed by atoms with E-state index >= 15 is 0 Å². The minimum Gasteiger partial charge on any atom is -0.310 e. The maximum atomic E-state index is 2.54. The molecule has 0 aromatic heterocycles. The number of hydrogen-bond acceptors (Lipinski definition) is 2. The van der Waals surface area contributed by atoms with E-state index < -0.39 is 5.41 Å². The van der Waals surface area contributed by atoms with E-state index in [9.17, 15) is 0 Å². The summed E-state index contributed by atoms with van der Waals surface area (Å²) in [6.07, 6.45) is 0. The summed E-state index contributed by atoms with van der Waals surface area (Å²) in [4.78, 5) is 5.00. The Labute approximate surface area is 405 Å². The molecule has 0 N–H and O–H groups in total. The first-order chi connectivity index (χ1) is 33.8. The quantitative estimate of drug-likeness (QED) is 0.170. The summed E-state index contributed by atoms with van der Waals surface area (Å²) >= 11 is 0. The Morgan fingerprint density at radius 1 is 0.319 bits per heavy atom. The standard InChI is InChI=1S/C67H50N2/c1-65(2)53-24-11-8-21-48(53)50-39-35-44(41-59(50)65)43-33-36-46(37-34-43)68(47-38-40-51-49-22-9-12-25-54(49)66(3,4)60(51)42-47)63-32-18-29-58-64(63)52-23-10-13-26-55(52)67(58)56-27-14-16-30-61(56)69(45-19-6-5-7-20-45)62-31-17-15-28-57(62)67/h5-42H,1-4H3. The van der Waals surface area contributed by atoms with Crippen LogP contribution in [0.4, 0.5) is 34.1 Å². The van der Waals surface area contributed by atoms with Crippen LogP contribution in [0.5, 0.6) is 0 Å². The lowest BCUT2D eigenvalue weighted by Crippen LogP contribution is -2.36. The van der Waals surface area contributed by atoms with E-state index in [2.05, 4.69) is 268 Å². The van der Waals surface area contributed by atoms with E-state index in [1.54, 1.807) is 0 Å². The summed E-state index contributed by atoms with van der Waals surface area (Å²) in [5.74, 6) is 0. The van der Waals surface area contributed by atoms with Crippen LogP contribution in [0, 0.1) is 0 Å². The van der Waals surface area contributed by atoms with E-state index in [1.807, 2.05) is 0 Å². The van der Waals surface area contributed by atoms with Gasteiger partial charge >= 0.3 is 0 Å². The summed E-state index contributed by atoms with van der Waals surface area (Å²) in [5, 5.41) is 0. The second-order valence-corrected chi connectivity index (χ2v) is 20.4. The first-order valence-electron chi connectivity index (χ1n) is 24.4. The van der Waals surface area contributed by atoms with Gasteiger partial charge in [-0.15, -0.1) is 0 Å². The van der Waals surface area contributed by atoms with Gasteiger partial charge < -0.3 is 9.80 Å². The van der Waals surface area contributed by atoms with Crippen molar-refractivity contribution in [1.82, 2.24) is 0 Å². The third-order valence-corrected chi connectivity index (χ3v) is 16.3. The second-order valence-electron chi connectivity index (χ2n) is 20.4. The lowest BCUT2D eigenvalue weighted by molar-refractivity contribution is 0.660. The van der Waals surface area contributed by atoms with Gasteiger partial charge in [0.05, 0.1) is 22.5 Å². The lowest BCUT2D eigenvalue weighted by Gasteiger charge is -2.45. The first-order valence-corrected chi connectivity index (χ1v) is 24.4. The van der Waals surface area contributed by atoms with Gasteiger partial charge in [0.25, 0.3) is 0 Å². The number of anilines is 6. The molecule has 0 atom stereocenters. The molecule has 0 bridgehead atoms. The number of rotatable bonds is 5. The Morgan fingerprint density at radius 3 is 1.42 bits per heavy atom. The van der Waals surface area contributed by atoms with E-state index in [0.29, 0.717) is 0 Å². The first kappa shape index (κ1) is 39.9. The van der Waals surface area contributed by atoms with Crippen molar-refractivity contribution in [3.05, 3.63) is 275 Å². The molecule has 3 aliphatic carbocycles. The van der Waals surface area contributed by atoms with E-state index in [1.165, 1.54) is 100 Å². The molecule has 1 spiro atoms. The maximum absolute atomic E-state index is 2.54. The topological polar surface area (TPSA) is 6.48 Å². The summed E-state index contributed by atoms with van der Waals surface area (Å²) in [5.41, 5.74) is 27.2. The van der Waals surface area contributed by atoms with Crippen molar-refractivity contribution in [2.24, 2.45) is 0 Å². The number of para-hydroxylation sites is 3. The smallest absolute Gasteiger partial charge is 0.0755 e. The molecule has 14 rings (SSSR count).